The van der Waals surface area contributed by atoms with Gasteiger partial charge in [-0.2, -0.15) is 0 Å². The van der Waals surface area contributed by atoms with Crippen molar-refractivity contribution in [1.82, 2.24) is 9.97 Å². The van der Waals surface area contributed by atoms with Crippen LogP contribution in [0.2, 0.25) is 10.3 Å². The number of halogens is 3. The fraction of sp³-hybridized carbons (Fsp3) is 0.231. The van der Waals surface area contributed by atoms with E-state index in [1.807, 2.05) is 52.9 Å². The molecule has 2 nitrogen and oxygen atoms in total. The van der Waals surface area contributed by atoms with Crippen molar-refractivity contribution in [2.24, 2.45) is 0 Å². The molecule has 0 aliphatic heterocycles. The van der Waals surface area contributed by atoms with E-state index in [0.29, 0.717) is 19.7 Å². The van der Waals surface area contributed by atoms with Crippen LogP contribution in [0.5, 0.6) is 0 Å². The molecule has 1 aromatic carbocycles. The van der Waals surface area contributed by atoms with E-state index in [2.05, 4.69) is 23.8 Å². The maximum atomic E-state index is 6.07. The van der Waals surface area contributed by atoms with Gasteiger partial charge in [-0.1, -0.05) is 53.5 Å². The minimum Gasteiger partial charge on any atom is -0.219 e. The van der Waals surface area contributed by atoms with E-state index in [9.17, 15) is 0 Å². The zero-order valence-electron chi connectivity index (χ0n) is 9.92. The van der Waals surface area contributed by atoms with Gasteiger partial charge in [-0.15, -0.1) is 0 Å². The lowest BCUT2D eigenvalue weighted by atomic mass is 9.84. The molecular formula is C13H11Cl2IN2. The largest absolute Gasteiger partial charge is 0.219 e. The SMILES string of the molecule is CC(C)(c1ccccc1)c1nc(Cl)c(I)c(Cl)n1. The van der Waals surface area contributed by atoms with Crippen molar-refractivity contribution in [2.45, 2.75) is 19.3 Å². The molecular weight excluding hydrogens is 382 g/mol. The van der Waals surface area contributed by atoms with Gasteiger partial charge in [0.25, 0.3) is 0 Å². The van der Waals surface area contributed by atoms with Crippen LogP contribution in [0.4, 0.5) is 0 Å². The molecule has 0 spiro atoms. The molecule has 0 aliphatic rings. The van der Waals surface area contributed by atoms with Crippen LogP contribution in [0.15, 0.2) is 30.3 Å². The molecule has 18 heavy (non-hydrogen) atoms. The predicted molar refractivity (Wildman–Crippen MR) is 83.3 cm³/mol. The smallest absolute Gasteiger partial charge is 0.147 e. The van der Waals surface area contributed by atoms with Crippen molar-refractivity contribution in [3.05, 3.63) is 55.6 Å². The summed E-state index contributed by atoms with van der Waals surface area (Å²) in [7, 11) is 0. The van der Waals surface area contributed by atoms with Gasteiger partial charge < -0.3 is 0 Å². The second-order valence-corrected chi connectivity index (χ2v) is 6.23. The summed E-state index contributed by atoms with van der Waals surface area (Å²) < 4.78 is 0.684. The number of nitrogens with zero attached hydrogens (tertiary/aromatic N) is 2. The third-order valence-electron chi connectivity index (χ3n) is 2.82. The Bertz CT molecular complexity index is 547. The fourth-order valence-electron chi connectivity index (χ4n) is 1.66. The monoisotopic (exact) mass is 392 g/mol. The molecule has 0 amide bonds. The van der Waals surface area contributed by atoms with Gasteiger partial charge in [0.2, 0.25) is 0 Å². The second kappa shape index (κ2) is 5.31. The van der Waals surface area contributed by atoms with Crippen LogP contribution in [0.25, 0.3) is 0 Å². The summed E-state index contributed by atoms with van der Waals surface area (Å²) in [6.07, 6.45) is 0. The summed E-state index contributed by atoms with van der Waals surface area (Å²) in [4.78, 5) is 8.69. The first-order chi connectivity index (χ1) is 8.43. The first kappa shape index (κ1) is 14.0. The molecule has 94 valence electrons. The molecule has 0 saturated heterocycles. The minimum absolute atomic E-state index is 0.334. The van der Waals surface area contributed by atoms with Crippen molar-refractivity contribution in [2.75, 3.05) is 0 Å². The molecule has 2 aromatic rings. The van der Waals surface area contributed by atoms with E-state index in [1.54, 1.807) is 0 Å². The molecule has 0 bridgehead atoms. The molecule has 0 atom stereocenters. The molecule has 1 aromatic heterocycles. The highest BCUT2D eigenvalue weighted by Gasteiger charge is 2.27. The minimum atomic E-state index is -0.334. The number of aromatic nitrogens is 2. The number of rotatable bonds is 2. The van der Waals surface area contributed by atoms with Crippen LogP contribution in [-0.4, -0.2) is 9.97 Å². The quantitative estimate of drug-likeness (QED) is 0.546. The summed E-state index contributed by atoms with van der Waals surface area (Å²) in [5.41, 5.74) is 0.789. The van der Waals surface area contributed by atoms with Gasteiger partial charge in [-0.25, -0.2) is 9.97 Å². The van der Waals surface area contributed by atoms with E-state index in [-0.39, 0.29) is 5.41 Å². The van der Waals surface area contributed by atoms with Gasteiger partial charge in [-0.05, 0) is 42.0 Å². The molecule has 0 N–H and O–H groups in total. The van der Waals surface area contributed by atoms with E-state index >= 15 is 0 Å². The van der Waals surface area contributed by atoms with Gasteiger partial charge in [0.05, 0.1) is 3.57 Å². The van der Waals surface area contributed by atoms with Gasteiger partial charge in [0, 0.05) is 5.41 Å². The first-order valence-corrected chi connectivity index (χ1v) is 7.21. The highest BCUT2D eigenvalue weighted by molar-refractivity contribution is 14.1. The van der Waals surface area contributed by atoms with Crippen LogP contribution >= 0.6 is 45.8 Å². The molecule has 5 heteroatoms. The maximum absolute atomic E-state index is 6.07. The van der Waals surface area contributed by atoms with Crippen molar-refractivity contribution in [3.8, 4) is 0 Å². The maximum Gasteiger partial charge on any atom is 0.147 e. The van der Waals surface area contributed by atoms with Crippen molar-refractivity contribution < 1.29 is 0 Å². The summed E-state index contributed by atoms with van der Waals surface area (Å²) in [6, 6.07) is 10.1. The fourth-order valence-corrected chi connectivity index (χ4v) is 2.29. The Kier molecular flexibility index (Phi) is 4.14. The predicted octanol–water partition coefficient (Wildman–Crippen LogP) is 4.71. The molecule has 0 unspecified atom stereocenters. The second-order valence-electron chi connectivity index (χ2n) is 4.43. The van der Waals surface area contributed by atoms with Gasteiger partial charge >= 0.3 is 0 Å². The number of hydrogen-bond acceptors (Lipinski definition) is 2. The molecule has 0 aliphatic carbocycles. The average Bonchev–Trinajstić information content (AvgIpc) is 2.36. The van der Waals surface area contributed by atoms with Gasteiger partial charge in [0.15, 0.2) is 0 Å². The Hall–Kier alpha value is -0.390. The van der Waals surface area contributed by atoms with Crippen LogP contribution in [0.1, 0.15) is 25.2 Å². The number of benzene rings is 1. The average molecular weight is 393 g/mol. The Morgan fingerprint density at radius 2 is 1.50 bits per heavy atom. The summed E-state index contributed by atoms with van der Waals surface area (Å²) in [6.45, 7) is 4.11. The molecule has 0 radical (unpaired) electrons. The third-order valence-corrected chi connectivity index (χ3v) is 5.03. The summed E-state index contributed by atoms with van der Waals surface area (Å²) >= 11 is 14.2. The van der Waals surface area contributed by atoms with Crippen LogP contribution in [0, 0.1) is 3.57 Å². The lowest BCUT2D eigenvalue weighted by molar-refractivity contribution is 0.589. The van der Waals surface area contributed by atoms with Crippen molar-refractivity contribution in [3.63, 3.8) is 0 Å². The lowest BCUT2D eigenvalue weighted by Gasteiger charge is -2.24. The Morgan fingerprint density at radius 3 is 2.00 bits per heavy atom. The highest BCUT2D eigenvalue weighted by atomic mass is 127. The van der Waals surface area contributed by atoms with Gasteiger partial charge in [-0.3, -0.25) is 0 Å². The Labute approximate surface area is 130 Å². The van der Waals surface area contributed by atoms with Gasteiger partial charge in [0.1, 0.15) is 16.1 Å². The van der Waals surface area contributed by atoms with E-state index in [4.69, 9.17) is 23.2 Å². The Morgan fingerprint density at radius 1 is 1.00 bits per heavy atom. The Balaban J connectivity index is 2.54. The van der Waals surface area contributed by atoms with E-state index < -0.39 is 0 Å². The van der Waals surface area contributed by atoms with Crippen LogP contribution in [0.3, 0.4) is 0 Å². The third kappa shape index (κ3) is 2.63. The topological polar surface area (TPSA) is 25.8 Å². The lowest BCUT2D eigenvalue weighted by Crippen LogP contribution is -2.22. The first-order valence-electron chi connectivity index (χ1n) is 5.37. The molecule has 1 heterocycles. The zero-order chi connectivity index (χ0) is 13.3. The van der Waals surface area contributed by atoms with Crippen molar-refractivity contribution >= 4 is 45.8 Å². The number of hydrogen-bond donors (Lipinski definition) is 0. The molecule has 0 saturated carbocycles. The molecule has 2 rings (SSSR count). The highest BCUT2D eigenvalue weighted by Crippen LogP contribution is 2.32. The van der Waals surface area contributed by atoms with E-state index in [0.717, 1.165) is 5.56 Å². The standard InChI is InChI=1S/C13H11Cl2IN2/c1-13(2,8-6-4-3-5-7-8)12-17-10(14)9(16)11(15)18-12/h3-7H,1-2H3. The van der Waals surface area contributed by atoms with E-state index in [1.165, 1.54) is 0 Å². The van der Waals surface area contributed by atoms with Crippen LogP contribution in [-0.2, 0) is 5.41 Å². The normalized spacial score (nSPS) is 11.6. The van der Waals surface area contributed by atoms with Crippen LogP contribution < -0.4 is 0 Å². The zero-order valence-corrected chi connectivity index (χ0v) is 13.6. The summed E-state index contributed by atoms with van der Waals surface area (Å²) in [5.74, 6) is 0.629. The molecule has 0 fully saturated rings. The summed E-state index contributed by atoms with van der Waals surface area (Å²) in [5, 5.41) is 0.796. The van der Waals surface area contributed by atoms with Crippen molar-refractivity contribution in [1.29, 1.82) is 0 Å².